The summed E-state index contributed by atoms with van der Waals surface area (Å²) in [4.78, 5) is 4.45. The van der Waals surface area contributed by atoms with Gasteiger partial charge in [-0.1, -0.05) is 11.8 Å². The summed E-state index contributed by atoms with van der Waals surface area (Å²) in [5.41, 5.74) is 0.828. The van der Waals surface area contributed by atoms with E-state index < -0.39 is 0 Å². The molecule has 0 aliphatic rings. The van der Waals surface area contributed by atoms with E-state index in [4.69, 9.17) is 13.9 Å². The maximum absolute atomic E-state index is 5.32. The Labute approximate surface area is 136 Å². The highest BCUT2D eigenvalue weighted by Gasteiger charge is 2.11. The number of hydrogen-bond donors (Lipinski definition) is 1. The standard InChI is InChI=1S/C14H15N5O3S/c1-8-16-17-12(22-8)7-23-14-15-13(18-19-14)9-4-10(20-2)6-11(5-9)21-3/h4-6H,7H2,1-3H3,(H,15,18,19). The van der Waals surface area contributed by atoms with Crippen LogP contribution in [0.1, 0.15) is 11.8 Å². The molecule has 8 nitrogen and oxygen atoms in total. The third-order valence-electron chi connectivity index (χ3n) is 2.98. The van der Waals surface area contributed by atoms with Crippen molar-refractivity contribution in [2.75, 3.05) is 14.2 Å². The molecule has 2 heterocycles. The molecule has 0 spiro atoms. The third-order valence-corrected chi connectivity index (χ3v) is 3.81. The molecule has 0 saturated carbocycles. The molecule has 2 aromatic heterocycles. The number of methoxy groups -OCH3 is 2. The number of H-pyrrole nitrogens is 1. The van der Waals surface area contributed by atoms with Crippen LogP contribution in [-0.2, 0) is 5.75 Å². The van der Waals surface area contributed by atoms with Crippen molar-refractivity contribution in [3.8, 4) is 22.9 Å². The second-order valence-electron chi connectivity index (χ2n) is 4.57. The molecule has 0 saturated heterocycles. The minimum Gasteiger partial charge on any atom is -0.497 e. The average Bonchev–Trinajstić information content (AvgIpc) is 3.21. The third kappa shape index (κ3) is 3.62. The highest BCUT2D eigenvalue weighted by molar-refractivity contribution is 7.98. The van der Waals surface area contributed by atoms with Gasteiger partial charge in [-0.2, -0.15) is 0 Å². The number of aromatic amines is 1. The number of rotatable bonds is 6. The lowest BCUT2D eigenvalue weighted by Crippen LogP contribution is -1.89. The van der Waals surface area contributed by atoms with Gasteiger partial charge in [0, 0.05) is 18.6 Å². The molecule has 0 radical (unpaired) electrons. The van der Waals surface area contributed by atoms with Gasteiger partial charge in [0.2, 0.25) is 16.9 Å². The zero-order valence-electron chi connectivity index (χ0n) is 12.9. The van der Waals surface area contributed by atoms with E-state index in [1.807, 2.05) is 12.1 Å². The Kier molecular flexibility index (Phi) is 4.47. The Bertz CT molecular complexity index is 779. The highest BCUT2D eigenvalue weighted by atomic mass is 32.2. The quantitative estimate of drug-likeness (QED) is 0.687. The van der Waals surface area contributed by atoms with Gasteiger partial charge in [-0.15, -0.1) is 15.3 Å². The van der Waals surface area contributed by atoms with Gasteiger partial charge in [0.15, 0.2) is 5.82 Å². The molecule has 0 aliphatic carbocycles. The molecule has 0 amide bonds. The SMILES string of the molecule is COc1cc(OC)cc(-c2nc(SCc3nnc(C)o3)n[nH]2)c1. The second kappa shape index (κ2) is 6.69. The molecule has 3 aromatic rings. The Morgan fingerprint density at radius 3 is 2.48 bits per heavy atom. The van der Waals surface area contributed by atoms with Gasteiger partial charge >= 0.3 is 0 Å². The lowest BCUT2D eigenvalue weighted by molar-refractivity contribution is 0.394. The van der Waals surface area contributed by atoms with Crippen LogP contribution in [0, 0.1) is 6.92 Å². The fourth-order valence-corrected chi connectivity index (χ4v) is 2.54. The van der Waals surface area contributed by atoms with Gasteiger partial charge in [0.05, 0.1) is 20.0 Å². The number of thioether (sulfide) groups is 1. The first-order valence-corrected chi connectivity index (χ1v) is 7.74. The van der Waals surface area contributed by atoms with E-state index in [9.17, 15) is 0 Å². The Hall–Kier alpha value is -2.55. The minimum absolute atomic E-state index is 0.513. The van der Waals surface area contributed by atoms with Crippen LogP contribution in [0.15, 0.2) is 27.8 Å². The van der Waals surface area contributed by atoms with Crippen molar-refractivity contribution >= 4 is 11.8 Å². The van der Waals surface area contributed by atoms with E-state index in [0.717, 1.165) is 5.56 Å². The van der Waals surface area contributed by atoms with Crippen LogP contribution >= 0.6 is 11.8 Å². The van der Waals surface area contributed by atoms with Crippen LogP contribution in [0.3, 0.4) is 0 Å². The summed E-state index contributed by atoms with van der Waals surface area (Å²) in [5, 5.41) is 15.4. The molecule has 0 unspecified atom stereocenters. The predicted molar refractivity (Wildman–Crippen MR) is 83.5 cm³/mol. The van der Waals surface area contributed by atoms with Gasteiger partial charge in [0.25, 0.3) is 0 Å². The molecule has 0 bridgehead atoms. The van der Waals surface area contributed by atoms with E-state index in [1.54, 1.807) is 27.2 Å². The van der Waals surface area contributed by atoms with Crippen molar-refractivity contribution in [1.29, 1.82) is 0 Å². The second-order valence-corrected chi connectivity index (χ2v) is 5.51. The number of nitrogens with one attached hydrogen (secondary N) is 1. The molecule has 0 fully saturated rings. The number of aryl methyl sites for hydroxylation is 1. The van der Waals surface area contributed by atoms with E-state index >= 15 is 0 Å². The number of benzene rings is 1. The van der Waals surface area contributed by atoms with Crippen LogP contribution in [0.5, 0.6) is 11.5 Å². The fourth-order valence-electron chi connectivity index (χ4n) is 1.91. The molecule has 0 atom stereocenters. The molecule has 1 aromatic carbocycles. The number of nitrogens with zero attached hydrogens (tertiary/aromatic N) is 4. The van der Waals surface area contributed by atoms with Gasteiger partial charge < -0.3 is 13.9 Å². The van der Waals surface area contributed by atoms with Crippen molar-refractivity contribution in [3.05, 3.63) is 30.0 Å². The number of aromatic nitrogens is 5. The first kappa shape index (κ1) is 15.3. The maximum Gasteiger partial charge on any atom is 0.226 e. The number of hydrogen-bond acceptors (Lipinski definition) is 8. The minimum atomic E-state index is 0.513. The summed E-state index contributed by atoms with van der Waals surface area (Å²) >= 11 is 1.41. The zero-order chi connectivity index (χ0) is 16.2. The van der Waals surface area contributed by atoms with E-state index in [2.05, 4.69) is 25.4 Å². The topological polar surface area (TPSA) is 99.0 Å². The van der Waals surface area contributed by atoms with Gasteiger partial charge in [-0.05, 0) is 12.1 Å². The van der Waals surface area contributed by atoms with Crippen LogP contribution in [-0.4, -0.2) is 39.6 Å². The molecular formula is C14H15N5O3S. The summed E-state index contributed by atoms with van der Waals surface area (Å²) in [7, 11) is 3.21. The Morgan fingerprint density at radius 2 is 1.87 bits per heavy atom. The van der Waals surface area contributed by atoms with Crippen molar-refractivity contribution in [1.82, 2.24) is 25.4 Å². The van der Waals surface area contributed by atoms with Crippen LogP contribution in [0.4, 0.5) is 0 Å². The van der Waals surface area contributed by atoms with Crippen molar-refractivity contribution in [2.24, 2.45) is 0 Å². The molecule has 3 rings (SSSR count). The lowest BCUT2D eigenvalue weighted by atomic mass is 10.2. The summed E-state index contributed by atoms with van der Waals surface area (Å²) in [6.45, 7) is 1.75. The summed E-state index contributed by atoms with van der Waals surface area (Å²) in [6, 6.07) is 5.52. The average molecular weight is 333 g/mol. The zero-order valence-corrected chi connectivity index (χ0v) is 13.7. The predicted octanol–water partition coefficient (Wildman–Crippen LogP) is 2.47. The normalized spacial score (nSPS) is 10.7. The van der Waals surface area contributed by atoms with Crippen molar-refractivity contribution < 1.29 is 13.9 Å². The molecular weight excluding hydrogens is 318 g/mol. The summed E-state index contributed by atoms with van der Waals surface area (Å²) in [5.74, 6) is 3.60. The van der Waals surface area contributed by atoms with E-state index in [1.165, 1.54) is 11.8 Å². The fraction of sp³-hybridized carbons (Fsp3) is 0.286. The molecule has 9 heteroatoms. The molecule has 120 valence electrons. The maximum atomic E-state index is 5.32. The van der Waals surface area contributed by atoms with Gasteiger partial charge in [0.1, 0.15) is 11.5 Å². The van der Waals surface area contributed by atoms with Crippen molar-refractivity contribution in [3.63, 3.8) is 0 Å². The first-order chi connectivity index (χ1) is 11.2. The monoisotopic (exact) mass is 333 g/mol. The van der Waals surface area contributed by atoms with E-state index in [0.29, 0.717) is 40.0 Å². The lowest BCUT2D eigenvalue weighted by Gasteiger charge is -2.06. The number of ether oxygens (including phenoxy) is 2. The Balaban J connectivity index is 1.76. The summed E-state index contributed by atoms with van der Waals surface area (Å²) < 4.78 is 15.8. The van der Waals surface area contributed by atoms with Crippen LogP contribution in [0.2, 0.25) is 0 Å². The van der Waals surface area contributed by atoms with E-state index in [-0.39, 0.29) is 0 Å². The van der Waals surface area contributed by atoms with Crippen LogP contribution < -0.4 is 9.47 Å². The largest absolute Gasteiger partial charge is 0.497 e. The van der Waals surface area contributed by atoms with Crippen molar-refractivity contribution in [2.45, 2.75) is 17.8 Å². The van der Waals surface area contributed by atoms with Crippen LogP contribution in [0.25, 0.3) is 11.4 Å². The highest BCUT2D eigenvalue weighted by Crippen LogP contribution is 2.29. The van der Waals surface area contributed by atoms with Gasteiger partial charge in [-0.25, -0.2) is 4.98 Å². The smallest absolute Gasteiger partial charge is 0.226 e. The molecule has 1 N–H and O–H groups in total. The summed E-state index contributed by atoms with van der Waals surface area (Å²) in [6.07, 6.45) is 0. The van der Waals surface area contributed by atoms with Gasteiger partial charge in [-0.3, -0.25) is 5.10 Å². The molecule has 23 heavy (non-hydrogen) atoms. The first-order valence-electron chi connectivity index (χ1n) is 6.75. The Morgan fingerprint density at radius 1 is 1.13 bits per heavy atom. The molecule has 0 aliphatic heterocycles.